The third-order valence-corrected chi connectivity index (χ3v) is 2.97. The van der Waals surface area contributed by atoms with Crippen LogP contribution < -0.4 is 16.0 Å². The van der Waals surface area contributed by atoms with Gasteiger partial charge in [0.1, 0.15) is 6.17 Å². The molecule has 80 valence electrons. The van der Waals surface area contributed by atoms with Crippen molar-refractivity contribution in [3.63, 3.8) is 0 Å². The predicted molar refractivity (Wildman–Crippen MR) is 64.4 cm³/mol. The van der Waals surface area contributed by atoms with E-state index in [-0.39, 0.29) is 6.17 Å². The van der Waals surface area contributed by atoms with Crippen molar-refractivity contribution in [3.05, 3.63) is 17.5 Å². The molecule has 1 atom stereocenters. The van der Waals surface area contributed by atoms with Crippen molar-refractivity contribution in [3.8, 4) is 0 Å². The Morgan fingerprint density at radius 3 is 2.93 bits per heavy atom. The summed E-state index contributed by atoms with van der Waals surface area (Å²) in [5.41, 5.74) is 5.64. The Bertz CT molecular complexity index is 395. The van der Waals surface area contributed by atoms with Gasteiger partial charge in [-0.1, -0.05) is 0 Å². The number of anilines is 1. The van der Waals surface area contributed by atoms with Crippen molar-refractivity contribution < 1.29 is 0 Å². The minimum Gasteiger partial charge on any atom is -0.370 e. The third-order valence-electron chi connectivity index (χ3n) is 2.03. The van der Waals surface area contributed by atoms with Crippen LogP contribution in [0.25, 0.3) is 0 Å². The van der Waals surface area contributed by atoms with Gasteiger partial charge in [-0.05, 0) is 24.4 Å². The first-order chi connectivity index (χ1) is 7.16. The van der Waals surface area contributed by atoms with Gasteiger partial charge in [0.25, 0.3) is 0 Å². The minimum absolute atomic E-state index is 0.122. The van der Waals surface area contributed by atoms with Crippen molar-refractivity contribution in [2.24, 2.45) is 15.7 Å². The smallest absolute Gasteiger partial charge is 0.207 e. The number of nitrogens with two attached hydrogens (primary N) is 1. The van der Waals surface area contributed by atoms with Gasteiger partial charge in [0.2, 0.25) is 5.96 Å². The van der Waals surface area contributed by atoms with Crippen molar-refractivity contribution in [2.45, 2.75) is 13.1 Å². The van der Waals surface area contributed by atoms with Crippen LogP contribution in [0.1, 0.15) is 6.92 Å². The molecule has 3 N–H and O–H groups in total. The van der Waals surface area contributed by atoms with Gasteiger partial charge >= 0.3 is 0 Å². The van der Waals surface area contributed by atoms with Crippen molar-refractivity contribution in [1.82, 2.24) is 5.32 Å². The van der Waals surface area contributed by atoms with E-state index in [2.05, 4.69) is 15.3 Å². The average Bonchev–Trinajstić information content (AvgIpc) is 2.67. The molecule has 0 spiro atoms. The maximum Gasteiger partial charge on any atom is 0.207 e. The molecule has 1 aliphatic heterocycles. The van der Waals surface area contributed by atoms with E-state index in [9.17, 15) is 0 Å². The second-order valence-electron chi connectivity index (χ2n) is 3.23. The lowest BCUT2D eigenvalue weighted by Gasteiger charge is -2.24. The first-order valence-corrected chi connectivity index (χ1v) is 5.50. The maximum atomic E-state index is 5.64. The molecule has 0 fully saturated rings. The maximum absolute atomic E-state index is 5.64. The Balaban J connectivity index is 2.18. The van der Waals surface area contributed by atoms with E-state index >= 15 is 0 Å². The summed E-state index contributed by atoms with van der Waals surface area (Å²) in [6, 6.07) is 4.03. The Morgan fingerprint density at radius 2 is 2.33 bits per heavy atom. The molecule has 5 nitrogen and oxygen atoms in total. The van der Waals surface area contributed by atoms with Crippen LogP contribution in [0.4, 0.5) is 5.00 Å². The number of hydrogen-bond donors (Lipinski definition) is 2. The molecule has 15 heavy (non-hydrogen) atoms. The molecule has 0 bridgehead atoms. The molecule has 0 aliphatic carbocycles. The summed E-state index contributed by atoms with van der Waals surface area (Å²) in [4.78, 5) is 10.4. The van der Waals surface area contributed by atoms with Crippen LogP contribution in [-0.4, -0.2) is 25.1 Å². The average molecular weight is 223 g/mol. The number of hydrogen-bond acceptors (Lipinski definition) is 6. The summed E-state index contributed by atoms with van der Waals surface area (Å²) >= 11 is 1.65. The van der Waals surface area contributed by atoms with E-state index < -0.39 is 0 Å². The summed E-state index contributed by atoms with van der Waals surface area (Å²) in [5.74, 6) is 1.15. The summed E-state index contributed by atoms with van der Waals surface area (Å²) in [6.45, 7) is 1.90. The summed E-state index contributed by atoms with van der Waals surface area (Å²) in [5, 5.41) is 6.08. The number of thiophene rings is 1. The molecule has 6 heteroatoms. The van der Waals surface area contributed by atoms with Gasteiger partial charge in [0, 0.05) is 7.05 Å². The van der Waals surface area contributed by atoms with Crippen LogP contribution in [0.3, 0.4) is 0 Å². The second-order valence-corrected chi connectivity index (χ2v) is 4.16. The monoisotopic (exact) mass is 223 g/mol. The van der Waals surface area contributed by atoms with Gasteiger partial charge in [-0.25, -0.2) is 9.98 Å². The Kier molecular flexibility index (Phi) is 2.59. The molecule has 0 saturated heterocycles. The molecule has 0 radical (unpaired) electrons. The highest BCUT2D eigenvalue weighted by Gasteiger charge is 2.16. The molecule has 2 heterocycles. The van der Waals surface area contributed by atoms with Gasteiger partial charge in [-0.15, -0.1) is 11.3 Å². The standard InChI is InChI=1S/C9H13N5S/c1-6-11-8(10)13-9(12-6)14(2)7-4-3-5-15-7/h3-6H,1-2H3,(H3,10,11,12,13). The molecular weight excluding hydrogens is 210 g/mol. The molecular formula is C9H13N5S. The number of aliphatic imine (C=N–C) groups is 2. The van der Waals surface area contributed by atoms with Crippen molar-refractivity contribution >= 4 is 28.3 Å². The zero-order chi connectivity index (χ0) is 10.8. The Hall–Kier alpha value is -1.56. The number of guanidine groups is 2. The van der Waals surface area contributed by atoms with Crippen LogP contribution in [0.5, 0.6) is 0 Å². The fraction of sp³-hybridized carbons (Fsp3) is 0.333. The second kappa shape index (κ2) is 3.90. The summed E-state index contributed by atoms with van der Waals surface area (Å²) in [7, 11) is 1.95. The molecule has 0 aromatic carbocycles. The molecule has 1 aromatic heterocycles. The first-order valence-electron chi connectivity index (χ1n) is 4.62. The normalized spacial score (nSPS) is 20.3. The molecule has 1 aliphatic rings. The van der Waals surface area contributed by atoms with Crippen LogP contribution in [0.2, 0.25) is 0 Å². The van der Waals surface area contributed by atoms with Gasteiger partial charge in [0.05, 0.1) is 5.00 Å². The van der Waals surface area contributed by atoms with E-state index in [0.717, 1.165) is 11.0 Å². The molecule has 2 rings (SSSR count). The summed E-state index contributed by atoms with van der Waals surface area (Å²) < 4.78 is 0. The highest BCUT2D eigenvalue weighted by molar-refractivity contribution is 7.14. The minimum atomic E-state index is -0.122. The Labute approximate surface area is 92.3 Å². The molecule has 1 unspecified atom stereocenters. The van der Waals surface area contributed by atoms with E-state index in [4.69, 9.17) is 5.73 Å². The highest BCUT2D eigenvalue weighted by Crippen LogP contribution is 2.20. The molecule has 0 saturated carbocycles. The highest BCUT2D eigenvalue weighted by atomic mass is 32.1. The predicted octanol–water partition coefficient (Wildman–Crippen LogP) is 0.804. The lowest BCUT2D eigenvalue weighted by Crippen LogP contribution is -2.48. The third kappa shape index (κ3) is 2.10. The zero-order valence-corrected chi connectivity index (χ0v) is 9.45. The van der Waals surface area contributed by atoms with Crippen molar-refractivity contribution in [1.29, 1.82) is 0 Å². The van der Waals surface area contributed by atoms with Crippen LogP contribution in [0.15, 0.2) is 27.5 Å². The van der Waals surface area contributed by atoms with E-state index in [0.29, 0.717) is 5.96 Å². The van der Waals surface area contributed by atoms with Gasteiger partial charge in [0.15, 0.2) is 5.96 Å². The van der Waals surface area contributed by atoms with Crippen LogP contribution in [0, 0.1) is 0 Å². The van der Waals surface area contributed by atoms with Gasteiger partial charge in [-0.3, -0.25) is 5.32 Å². The van der Waals surface area contributed by atoms with Gasteiger partial charge in [-0.2, -0.15) is 0 Å². The quantitative estimate of drug-likeness (QED) is 0.740. The lowest BCUT2D eigenvalue weighted by molar-refractivity contribution is 0.760. The van der Waals surface area contributed by atoms with Crippen molar-refractivity contribution in [2.75, 3.05) is 11.9 Å². The van der Waals surface area contributed by atoms with E-state index in [1.165, 1.54) is 0 Å². The van der Waals surface area contributed by atoms with Crippen LogP contribution >= 0.6 is 11.3 Å². The first kappa shape index (κ1) is 9.97. The number of rotatable bonds is 1. The van der Waals surface area contributed by atoms with Gasteiger partial charge < -0.3 is 10.6 Å². The zero-order valence-electron chi connectivity index (χ0n) is 8.64. The Morgan fingerprint density at radius 1 is 1.53 bits per heavy atom. The number of nitrogens with zero attached hydrogens (tertiary/aromatic N) is 3. The largest absolute Gasteiger partial charge is 0.370 e. The molecule has 1 aromatic rings. The SMILES string of the molecule is CC1N=C(N)NC(N(C)c2cccs2)=N1. The van der Waals surface area contributed by atoms with Crippen LogP contribution in [-0.2, 0) is 0 Å². The lowest BCUT2D eigenvalue weighted by atomic mass is 10.5. The topological polar surface area (TPSA) is 66.0 Å². The van der Waals surface area contributed by atoms with E-state index in [1.54, 1.807) is 11.3 Å². The molecule has 0 amide bonds. The summed E-state index contributed by atoms with van der Waals surface area (Å²) in [6.07, 6.45) is -0.122. The van der Waals surface area contributed by atoms with E-state index in [1.807, 2.05) is 36.4 Å². The number of nitrogens with one attached hydrogen (secondary N) is 1. The fourth-order valence-electron chi connectivity index (χ4n) is 1.32. The fourth-order valence-corrected chi connectivity index (χ4v) is 2.02.